The number of aromatic nitrogens is 2. The van der Waals surface area contributed by atoms with Crippen molar-refractivity contribution in [3.63, 3.8) is 0 Å². The maximum Gasteiger partial charge on any atom is 0.218 e. The third-order valence-corrected chi connectivity index (χ3v) is 4.23. The minimum absolute atomic E-state index is 0.645. The van der Waals surface area contributed by atoms with Crippen LogP contribution in [0, 0.1) is 12.8 Å². The van der Waals surface area contributed by atoms with Crippen molar-refractivity contribution in [3.8, 4) is 5.88 Å². The number of piperidine rings is 1. The van der Waals surface area contributed by atoms with Gasteiger partial charge >= 0.3 is 0 Å². The van der Waals surface area contributed by atoms with Crippen molar-refractivity contribution in [2.75, 3.05) is 31.1 Å². The molecule has 0 spiro atoms. The smallest absolute Gasteiger partial charge is 0.218 e. The van der Waals surface area contributed by atoms with Gasteiger partial charge in [0.25, 0.3) is 0 Å². The van der Waals surface area contributed by atoms with E-state index in [2.05, 4.69) is 20.2 Å². The van der Waals surface area contributed by atoms with Gasteiger partial charge in [0, 0.05) is 18.7 Å². The van der Waals surface area contributed by atoms with Crippen LogP contribution in [0.15, 0.2) is 6.07 Å². The molecule has 0 amide bonds. The van der Waals surface area contributed by atoms with Gasteiger partial charge in [0.1, 0.15) is 11.6 Å². The average Bonchev–Trinajstić information content (AvgIpc) is 3.30. The summed E-state index contributed by atoms with van der Waals surface area (Å²) >= 11 is 0. The highest BCUT2D eigenvalue weighted by molar-refractivity contribution is 5.44. The van der Waals surface area contributed by atoms with Crippen molar-refractivity contribution in [1.82, 2.24) is 15.3 Å². The molecular formula is C16H26N4O. The Hall–Kier alpha value is -1.36. The van der Waals surface area contributed by atoms with Gasteiger partial charge in [0.2, 0.25) is 5.88 Å². The van der Waals surface area contributed by atoms with Gasteiger partial charge in [-0.3, -0.25) is 0 Å². The van der Waals surface area contributed by atoms with Gasteiger partial charge in [-0.2, -0.15) is 4.98 Å². The molecule has 2 aliphatic rings. The predicted octanol–water partition coefficient (Wildman–Crippen LogP) is 2.15. The summed E-state index contributed by atoms with van der Waals surface area (Å²) < 4.78 is 5.58. The Labute approximate surface area is 127 Å². The maximum atomic E-state index is 5.58. The van der Waals surface area contributed by atoms with Crippen LogP contribution in [-0.2, 0) is 0 Å². The second-order valence-corrected chi connectivity index (χ2v) is 6.14. The van der Waals surface area contributed by atoms with Crippen LogP contribution in [0.1, 0.15) is 38.4 Å². The fourth-order valence-electron chi connectivity index (χ4n) is 3.07. The number of nitrogens with zero attached hydrogens (tertiary/aromatic N) is 3. The standard InChI is InChI=1S/C16H26N4O/c1-3-21-16-9-15(18-12(2)19-16)20(14-6-7-14)11-13-5-4-8-17-10-13/h9,13-14,17H,3-8,10-11H2,1-2H3. The Morgan fingerprint density at radius 1 is 1.33 bits per heavy atom. The summed E-state index contributed by atoms with van der Waals surface area (Å²) in [7, 11) is 0. The number of aryl methyl sites for hydroxylation is 1. The fourth-order valence-corrected chi connectivity index (χ4v) is 3.07. The fraction of sp³-hybridized carbons (Fsp3) is 0.750. The number of ether oxygens (including phenoxy) is 1. The van der Waals surface area contributed by atoms with E-state index in [1.165, 1.54) is 32.2 Å². The van der Waals surface area contributed by atoms with Crippen LogP contribution in [0.3, 0.4) is 0 Å². The van der Waals surface area contributed by atoms with Crippen LogP contribution in [0.2, 0.25) is 0 Å². The van der Waals surface area contributed by atoms with E-state index in [9.17, 15) is 0 Å². The minimum Gasteiger partial charge on any atom is -0.478 e. The Bertz CT molecular complexity index is 469. The lowest BCUT2D eigenvalue weighted by atomic mass is 9.99. The van der Waals surface area contributed by atoms with E-state index in [0.29, 0.717) is 18.5 Å². The summed E-state index contributed by atoms with van der Waals surface area (Å²) in [4.78, 5) is 11.5. The van der Waals surface area contributed by atoms with Gasteiger partial charge in [0.05, 0.1) is 6.61 Å². The lowest BCUT2D eigenvalue weighted by Gasteiger charge is -2.31. The quantitative estimate of drug-likeness (QED) is 0.870. The molecule has 5 nitrogen and oxygen atoms in total. The molecule has 5 heteroatoms. The van der Waals surface area contributed by atoms with Gasteiger partial charge in [-0.05, 0) is 58.5 Å². The monoisotopic (exact) mass is 290 g/mol. The average molecular weight is 290 g/mol. The van der Waals surface area contributed by atoms with Gasteiger partial charge < -0.3 is 15.0 Å². The summed E-state index contributed by atoms with van der Waals surface area (Å²) in [6, 6.07) is 2.67. The third-order valence-electron chi connectivity index (χ3n) is 4.23. The van der Waals surface area contributed by atoms with Crippen LogP contribution < -0.4 is 15.0 Å². The first-order valence-corrected chi connectivity index (χ1v) is 8.22. The van der Waals surface area contributed by atoms with Gasteiger partial charge in [0.15, 0.2) is 0 Å². The van der Waals surface area contributed by atoms with Gasteiger partial charge in [-0.1, -0.05) is 0 Å². The molecule has 1 aromatic heterocycles. The molecule has 1 aromatic rings. The number of hydrogen-bond donors (Lipinski definition) is 1. The maximum absolute atomic E-state index is 5.58. The van der Waals surface area contributed by atoms with E-state index in [4.69, 9.17) is 4.74 Å². The SMILES string of the molecule is CCOc1cc(N(CC2CCCNC2)C2CC2)nc(C)n1. The molecule has 0 bridgehead atoms. The van der Waals surface area contributed by atoms with Crippen LogP contribution in [0.25, 0.3) is 0 Å². The highest BCUT2D eigenvalue weighted by Crippen LogP contribution is 2.33. The molecule has 1 saturated carbocycles. The normalized spacial score (nSPS) is 22.1. The molecule has 0 radical (unpaired) electrons. The second-order valence-electron chi connectivity index (χ2n) is 6.14. The van der Waals surface area contributed by atoms with Crippen LogP contribution >= 0.6 is 0 Å². The number of nitrogens with one attached hydrogen (secondary N) is 1. The van der Waals surface area contributed by atoms with Crippen molar-refractivity contribution in [3.05, 3.63) is 11.9 Å². The molecule has 1 N–H and O–H groups in total. The zero-order valence-electron chi connectivity index (χ0n) is 13.1. The van der Waals surface area contributed by atoms with E-state index < -0.39 is 0 Å². The zero-order chi connectivity index (χ0) is 14.7. The molecule has 2 heterocycles. The molecule has 1 atom stereocenters. The molecule has 2 fully saturated rings. The molecule has 1 aliphatic carbocycles. The Balaban J connectivity index is 1.76. The van der Waals surface area contributed by atoms with Crippen LogP contribution in [0.4, 0.5) is 5.82 Å². The van der Waals surface area contributed by atoms with Gasteiger partial charge in [-0.25, -0.2) is 4.98 Å². The Morgan fingerprint density at radius 3 is 2.86 bits per heavy atom. The molecule has 3 rings (SSSR count). The first-order valence-electron chi connectivity index (χ1n) is 8.22. The molecule has 1 unspecified atom stereocenters. The van der Waals surface area contributed by atoms with Crippen molar-refractivity contribution in [2.45, 2.75) is 45.6 Å². The predicted molar refractivity (Wildman–Crippen MR) is 83.9 cm³/mol. The van der Waals surface area contributed by atoms with Gasteiger partial charge in [-0.15, -0.1) is 0 Å². The molecule has 1 aliphatic heterocycles. The minimum atomic E-state index is 0.645. The summed E-state index contributed by atoms with van der Waals surface area (Å²) in [5.74, 6) is 3.26. The number of rotatable bonds is 6. The third kappa shape index (κ3) is 3.84. The van der Waals surface area contributed by atoms with E-state index in [-0.39, 0.29) is 0 Å². The van der Waals surface area contributed by atoms with Crippen molar-refractivity contribution in [2.24, 2.45) is 5.92 Å². The molecule has 21 heavy (non-hydrogen) atoms. The lowest BCUT2D eigenvalue weighted by Crippen LogP contribution is -2.39. The summed E-state index contributed by atoms with van der Waals surface area (Å²) in [5.41, 5.74) is 0. The number of anilines is 1. The molecule has 0 aromatic carbocycles. The topological polar surface area (TPSA) is 50.3 Å². The van der Waals surface area contributed by atoms with Crippen molar-refractivity contribution in [1.29, 1.82) is 0 Å². The summed E-state index contributed by atoms with van der Waals surface area (Å²) in [6.07, 6.45) is 5.18. The highest BCUT2D eigenvalue weighted by Gasteiger charge is 2.32. The zero-order valence-corrected chi connectivity index (χ0v) is 13.1. The van der Waals surface area contributed by atoms with Crippen molar-refractivity contribution < 1.29 is 4.74 Å². The molecular weight excluding hydrogens is 264 g/mol. The first-order chi connectivity index (χ1) is 10.3. The summed E-state index contributed by atoms with van der Waals surface area (Å²) in [6.45, 7) is 7.97. The molecule has 1 saturated heterocycles. The van der Waals surface area contributed by atoms with Crippen molar-refractivity contribution >= 4 is 5.82 Å². The Morgan fingerprint density at radius 2 is 2.19 bits per heavy atom. The first kappa shape index (κ1) is 14.6. The highest BCUT2D eigenvalue weighted by atomic mass is 16.5. The van der Waals surface area contributed by atoms with E-state index in [0.717, 1.165) is 30.6 Å². The van der Waals surface area contributed by atoms with E-state index in [1.807, 2.05) is 19.9 Å². The lowest BCUT2D eigenvalue weighted by molar-refractivity contribution is 0.325. The second kappa shape index (κ2) is 6.60. The molecule has 116 valence electrons. The van der Waals surface area contributed by atoms with E-state index in [1.54, 1.807) is 0 Å². The summed E-state index contributed by atoms with van der Waals surface area (Å²) in [5, 5.41) is 3.51. The largest absolute Gasteiger partial charge is 0.478 e. The van der Waals surface area contributed by atoms with Crippen LogP contribution in [-0.4, -0.2) is 42.3 Å². The van der Waals surface area contributed by atoms with Crippen LogP contribution in [0.5, 0.6) is 5.88 Å². The Kier molecular flexibility index (Phi) is 4.58. The van der Waals surface area contributed by atoms with E-state index >= 15 is 0 Å². The number of hydrogen-bond acceptors (Lipinski definition) is 5.